The second kappa shape index (κ2) is 5.86. The van der Waals surface area contributed by atoms with Crippen LogP contribution in [0, 0.1) is 0 Å². The first-order chi connectivity index (χ1) is 7.08. The van der Waals surface area contributed by atoms with Crippen LogP contribution in [0.3, 0.4) is 0 Å². The molecule has 2 N–H and O–H groups in total. The van der Waals surface area contributed by atoms with Gasteiger partial charge in [-0.25, -0.2) is 0 Å². The maximum atomic E-state index is 10.5. The van der Waals surface area contributed by atoms with E-state index in [0.717, 1.165) is 18.7 Å². The summed E-state index contributed by atoms with van der Waals surface area (Å²) in [5.74, 6) is 0.970. The average Bonchev–Trinajstić information content (AvgIpc) is 2.17. The molecule has 1 rings (SSSR count). The van der Waals surface area contributed by atoms with Gasteiger partial charge in [0.2, 0.25) is 0 Å². The topological polar surface area (TPSA) is 57.5 Å². The third-order valence-corrected chi connectivity index (χ3v) is 2.58. The van der Waals surface area contributed by atoms with Crippen molar-refractivity contribution in [2.24, 2.45) is 0 Å². The zero-order valence-corrected chi connectivity index (χ0v) is 9.31. The first kappa shape index (κ1) is 12.2. The van der Waals surface area contributed by atoms with Crippen LogP contribution in [0.1, 0.15) is 18.4 Å². The van der Waals surface area contributed by atoms with Crippen LogP contribution < -0.4 is 0 Å². The van der Waals surface area contributed by atoms with E-state index < -0.39 is 7.60 Å². The molecule has 0 fully saturated rings. The molecule has 0 bridgehead atoms. The van der Waals surface area contributed by atoms with Crippen LogP contribution in [-0.4, -0.2) is 9.79 Å². The summed E-state index contributed by atoms with van der Waals surface area (Å²) in [6, 6.07) is 10.0. The highest BCUT2D eigenvalue weighted by Gasteiger charge is 2.04. The molecule has 0 saturated carbocycles. The van der Waals surface area contributed by atoms with Gasteiger partial charge in [-0.2, -0.15) is 0 Å². The van der Waals surface area contributed by atoms with Crippen molar-refractivity contribution in [3.8, 4) is 0 Å². The van der Waals surface area contributed by atoms with Crippen molar-refractivity contribution < 1.29 is 14.4 Å². The fourth-order valence-electron chi connectivity index (χ4n) is 1.28. The van der Waals surface area contributed by atoms with Crippen LogP contribution in [0.25, 0.3) is 0 Å². The van der Waals surface area contributed by atoms with Gasteiger partial charge < -0.3 is 9.79 Å². The molecule has 0 aliphatic carbocycles. The predicted molar refractivity (Wildman–Crippen MR) is 60.6 cm³/mol. The van der Waals surface area contributed by atoms with Gasteiger partial charge in [0.25, 0.3) is 0 Å². The molecule has 0 aliphatic rings. The number of aryl methyl sites for hydroxylation is 1. The van der Waals surface area contributed by atoms with E-state index in [-0.39, 0.29) is 0 Å². The molecule has 0 unspecified atom stereocenters. The quantitative estimate of drug-likeness (QED) is 0.599. The summed E-state index contributed by atoms with van der Waals surface area (Å²) in [4.78, 5) is 17.1. The van der Waals surface area contributed by atoms with Crippen molar-refractivity contribution in [3.63, 3.8) is 0 Å². The highest BCUT2D eigenvalue weighted by Crippen LogP contribution is 2.36. The summed E-state index contributed by atoms with van der Waals surface area (Å²) in [6.07, 6.45) is 4.08. The van der Waals surface area contributed by atoms with Crippen molar-refractivity contribution in [2.75, 3.05) is 0 Å². The molecule has 0 aliphatic heterocycles. The normalized spacial score (nSPS) is 12.1. The predicted octanol–water partition coefficient (Wildman–Crippen LogP) is 2.70. The summed E-state index contributed by atoms with van der Waals surface area (Å²) >= 11 is 0. The van der Waals surface area contributed by atoms with E-state index >= 15 is 0 Å². The Morgan fingerprint density at radius 1 is 1.20 bits per heavy atom. The zero-order chi connectivity index (χ0) is 11.1. The third kappa shape index (κ3) is 6.24. The van der Waals surface area contributed by atoms with Crippen molar-refractivity contribution in [3.05, 3.63) is 47.8 Å². The van der Waals surface area contributed by atoms with Crippen LogP contribution in [0.4, 0.5) is 0 Å². The minimum Gasteiger partial charge on any atom is -0.321 e. The third-order valence-electron chi connectivity index (χ3n) is 1.98. The highest BCUT2D eigenvalue weighted by atomic mass is 31.2. The number of unbranched alkanes of at least 4 members (excludes halogenated alkanes) is 1. The van der Waals surface area contributed by atoms with Crippen LogP contribution in [0.5, 0.6) is 0 Å². The van der Waals surface area contributed by atoms with Gasteiger partial charge in [0.1, 0.15) is 0 Å². The van der Waals surface area contributed by atoms with Crippen LogP contribution in [-0.2, 0) is 11.0 Å². The fraction of sp³-hybridized carbons (Fsp3) is 0.273. The summed E-state index contributed by atoms with van der Waals surface area (Å²) in [7, 11) is -3.96. The van der Waals surface area contributed by atoms with E-state index in [1.54, 1.807) is 6.08 Å². The molecular formula is C11H15O3P. The van der Waals surface area contributed by atoms with Gasteiger partial charge in [0.15, 0.2) is 0 Å². The Morgan fingerprint density at radius 2 is 1.87 bits per heavy atom. The molecule has 0 aromatic heterocycles. The Bertz CT molecular complexity index is 353. The lowest BCUT2D eigenvalue weighted by molar-refractivity contribution is 0.386. The summed E-state index contributed by atoms with van der Waals surface area (Å²) in [5, 5.41) is 0. The molecule has 1 aromatic rings. The number of hydrogen-bond donors (Lipinski definition) is 2. The Kier molecular flexibility index (Phi) is 4.76. The van der Waals surface area contributed by atoms with E-state index in [2.05, 4.69) is 0 Å². The molecule has 0 radical (unpaired) electrons. The number of hydrogen-bond acceptors (Lipinski definition) is 1. The van der Waals surface area contributed by atoms with Gasteiger partial charge in [-0.1, -0.05) is 36.4 Å². The Labute approximate surface area is 89.6 Å². The molecule has 0 atom stereocenters. The summed E-state index contributed by atoms with van der Waals surface area (Å²) < 4.78 is 10.5. The SMILES string of the molecule is O=P(O)(O)C=CCCCc1ccccc1. The first-order valence-corrected chi connectivity index (χ1v) is 6.53. The lowest BCUT2D eigenvalue weighted by Gasteiger charge is -1.98. The lowest BCUT2D eigenvalue weighted by atomic mass is 10.1. The Balaban J connectivity index is 2.24. The molecule has 0 amide bonds. The van der Waals surface area contributed by atoms with E-state index in [0.29, 0.717) is 6.42 Å². The first-order valence-electron chi connectivity index (χ1n) is 4.85. The Morgan fingerprint density at radius 3 is 2.47 bits per heavy atom. The van der Waals surface area contributed by atoms with Crippen molar-refractivity contribution >= 4 is 7.60 Å². The van der Waals surface area contributed by atoms with E-state index in [4.69, 9.17) is 9.79 Å². The molecule has 1 aromatic carbocycles. The smallest absolute Gasteiger partial charge is 0.321 e. The van der Waals surface area contributed by atoms with E-state index in [1.807, 2.05) is 30.3 Å². The van der Waals surface area contributed by atoms with Gasteiger partial charge in [-0.15, -0.1) is 0 Å². The van der Waals surface area contributed by atoms with Crippen LogP contribution in [0.2, 0.25) is 0 Å². The van der Waals surface area contributed by atoms with Gasteiger partial charge in [0, 0.05) is 5.82 Å². The number of rotatable bonds is 5. The molecule has 4 heteroatoms. The van der Waals surface area contributed by atoms with Crippen molar-refractivity contribution in [1.29, 1.82) is 0 Å². The highest BCUT2D eigenvalue weighted by molar-refractivity contribution is 7.55. The largest absolute Gasteiger partial charge is 0.348 e. The van der Waals surface area contributed by atoms with Gasteiger partial charge in [-0.05, 0) is 24.8 Å². The average molecular weight is 226 g/mol. The van der Waals surface area contributed by atoms with Crippen LogP contribution in [0.15, 0.2) is 42.2 Å². The maximum Gasteiger partial charge on any atom is 0.348 e. The van der Waals surface area contributed by atoms with Gasteiger partial charge >= 0.3 is 7.60 Å². The maximum absolute atomic E-state index is 10.5. The molecule has 3 nitrogen and oxygen atoms in total. The molecule has 82 valence electrons. The lowest BCUT2D eigenvalue weighted by Crippen LogP contribution is -1.82. The number of benzene rings is 1. The molecular weight excluding hydrogens is 211 g/mol. The zero-order valence-electron chi connectivity index (χ0n) is 8.41. The minimum atomic E-state index is -3.96. The Hall–Kier alpha value is -0.890. The van der Waals surface area contributed by atoms with E-state index in [9.17, 15) is 4.57 Å². The minimum absolute atomic E-state index is 0.694. The number of allylic oxidation sites excluding steroid dienone is 1. The summed E-state index contributed by atoms with van der Waals surface area (Å²) in [6.45, 7) is 0. The van der Waals surface area contributed by atoms with Crippen molar-refractivity contribution in [2.45, 2.75) is 19.3 Å². The fourth-order valence-corrected chi connectivity index (χ4v) is 1.70. The monoisotopic (exact) mass is 226 g/mol. The second-order valence-corrected chi connectivity index (χ2v) is 4.83. The molecule has 0 saturated heterocycles. The van der Waals surface area contributed by atoms with Crippen molar-refractivity contribution in [1.82, 2.24) is 0 Å². The second-order valence-electron chi connectivity index (χ2n) is 3.35. The van der Waals surface area contributed by atoms with Crippen LogP contribution >= 0.6 is 7.60 Å². The van der Waals surface area contributed by atoms with E-state index in [1.165, 1.54) is 5.56 Å². The van der Waals surface area contributed by atoms with Gasteiger partial charge in [0.05, 0.1) is 0 Å². The van der Waals surface area contributed by atoms with Gasteiger partial charge in [-0.3, -0.25) is 4.57 Å². The standard InChI is InChI=1S/C11H15O3P/c12-15(13,14)10-6-2-5-9-11-7-3-1-4-8-11/h1,3-4,6-8,10H,2,5,9H2,(H2,12,13,14). The summed E-state index contributed by atoms with van der Waals surface area (Å²) in [5.41, 5.74) is 1.25. The molecule has 15 heavy (non-hydrogen) atoms. The molecule has 0 heterocycles. The molecule has 0 spiro atoms.